The minimum atomic E-state index is -0.423. The van der Waals surface area contributed by atoms with Crippen molar-refractivity contribution >= 4 is 12.0 Å². The van der Waals surface area contributed by atoms with E-state index >= 15 is 0 Å². The molecule has 5 nitrogen and oxygen atoms in total. The van der Waals surface area contributed by atoms with Gasteiger partial charge in [-0.25, -0.2) is 4.79 Å². The monoisotopic (exact) mass is 292 g/mol. The topological polar surface area (TPSA) is 58.6 Å². The minimum absolute atomic E-state index is 0.0259. The lowest BCUT2D eigenvalue weighted by Crippen LogP contribution is -2.41. The highest BCUT2D eigenvalue weighted by atomic mass is 16.5. The Morgan fingerprint density at radius 1 is 1.43 bits per heavy atom. The summed E-state index contributed by atoms with van der Waals surface area (Å²) in [5.41, 5.74) is 0.660. The lowest BCUT2D eigenvalue weighted by atomic mass is 9.97. The van der Waals surface area contributed by atoms with Gasteiger partial charge in [0.1, 0.15) is 0 Å². The fourth-order valence-corrected chi connectivity index (χ4v) is 3.05. The Bertz CT molecular complexity index is 439. The summed E-state index contributed by atoms with van der Waals surface area (Å²) in [6.07, 6.45) is 9.62. The van der Waals surface area contributed by atoms with Gasteiger partial charge in [-0.1, -0.05) is 18.9 Å². The van der Waals surface area contributed by atoms with Crippen LogP contribution in [0.5, 0.6) is 0 Å². The molecule has 0 aromatic carbocycles. The van der Waals surface area contributed by atoms with Gasteiger partial charge < -0.3 is 10.1 Å². The molecule has 116 valence electrons. The molecule has 1 aliphatic carbocycles. The third kappa shape index (κ3) is 3.86. The lowest BCUT2D eigenvalue weighted by Gasteiger charge is -2.32. The van der Waals surface area contributed by atoms with Crippen LogP contribution in [0.1, 0.15) is 44.9 Å². The van der Waals surface area contributed by atoms with Crippen LogP contribution < -0.4 is 5.32 Å². The van der Waals surface area contributed by atoms with Crippen molar-refractivity contribution in [1.29, 1.82) is 0 Å². The molecule has 0 aromatic rings. The molecule has 1 atom stereocenters. The average Bonchev–Trinajstić information content (AvgIpc) is 3.00. The maximum absolute atomic E-state index is 12.3. The number of rotatable bonds is 4. The van der Waals surface area contributed by atoms with E-state index in [2.05, 4.69) is 11.9 Å². The molecule has 1 fully saturated rings. The van der Waals surface area contributed by atoms with Crippen molar-refractivity contribution in [1.82, 2.24) is 10.2 Å². The number of nitrogens with zero attached hydrogens (tertiary/aromatic N) is 1. The summed E-state index contributed by atoms with van der Waals surface area (Å²) in [5, 5.41) is 3.07. The summed E-state index contributed by atoms with van der Waals surface area (Å²) in [6.45, 7) is 3.72. The molecule has 0 bridgehead atoms. The van der Waals surface area contributed by atoms with E-state index in [1.54, 1.807) is 12.3 Å². The first kappa shape index (κ1) is 15.6. The molecule has 1 N–H and O–H groups in total. The predicted octanol–water partition coefficient (Wildman–Crippen LogP) is 2.74. The SMILES string of the molecule is C=CC[C@@H]1CCC(C(=O)NC2CCCC2)=CN1C(=O)OC. The second-order valence-electron chi connectivity index (χ2n) is 5.70. The molecule has 5 heteroatoms. The number of hydrogen-bond acceptors (Lipinski definition) is 3. The molecular formula is C16H24N2O3. The van der Waals surface area contributed by atoms with Gasteiger partial charge in [0.15, 0.2) is 0 Å². The maximum Gasteiger partial charge on any atom is 0.413 e. The Balaban J connectivity index is 2.05. The molecule has 0 spiro atoms. The number of carbonyl (C=O) groups excluding carboxylic acids is 2. The smallest absolute Gasteiger partial charge is 0.413 e. The zero-order valence-corrected chi connectivity index (χ0v) is 12.6. The van der Waals surface area contributed by atoms with Crippen molar-refractivity contribution in [3.63, 3.8) is 0 Å². The molecule has 0 aromatic heterocycles. The van der Waals surface area contributed by atoms with Crippen LogP contribution in [-0.2, 0) is 9.53 Å². The zero-order chi connectivity index (χ0) is 15.2. The highest BCUT2D eigenvalue weighted by Crippen LogP contribution is 2.25. The van der Waals surface area contributed by atoms with Crippen molar-refractivity contribution in [2.24, 2.45) is 0 Å². The Morgan fingerprint density at radius 2 is 2.14 bits per heavy atom. The molecule has 2 rings (SSSR count). The van der Waals surface area contributed by atoms with Crippen LogP contribution in [0.4, 0.5) is 4.79 Å². The van der Waals surface area contributed by atoms with Crippen LogP contribution in [0.2, 0.25) is 0 Å². The summed E-state index contributed by atoms with van der Waals surface area (Å²) in [5.74, 6) is -0.0483. The first-order valence-electron chi connectivity index (χ1n) is 7.64. The quantitative estimate of drug-likeness (QED) is 0.811. The number of amides is 2. The van der Waals surface area contributed by atoms with Crippen molar-refractivity contribution in [3.05, 3.63) is 24.4 Å². The summed E-state index contributed by atoms with van der Waals surface area (Å²) in [6, 6.07) is 0.314. The van der Waals surface area contributed by atoms with Crippen molar-refractivity contribution in [3.8, 4) is 0 Å². The molecule has 1 saturated carbocycles. The van der Waals surface area contributed by atoms with Crippen LogP contribution in [0.15, 0.2) is 24.4 Å². The lowest BCUT2D eigenvalue weighted by molar-refractivity contribution is -0.118. The maximum atomic E-state index is 12.3. The third-order valence-corrected chi connectivity index (χ3v) is 4.24. The first-order chi connectivity index (χ1) is 10.2. The van der Waals surface area contributed by atoms with Crippen molar-refractivity contribution in [2.45, 2.75) is 57.0 Å². The van der Waals surface area contributed by atoms with E-state index < -0.39 is 6.09 Å². The van der Waals surface area contributed by atoms with Crippen LogP contribution in [0.25, 0.3) is 0 Å². The van der Waals surface area contributed by atoms with Gasteiger partial charge in [-0.3, -0.25) is 9.69 Å². The number of methoxy groups -OCH3 is 1. The number of hydrogen-bond donors (Lipinski definition) is 1. The van der Waals surface area contributed by atoms with Gasteiger partial charge in [0.25, 0.3) is 0 Å². The fourth-order valence-electron chi connectivity index (χ4n) is 3.05. The molecule has 0 unspecified atom stereocenters. The second kappa shape index (κ2) is 7.29. The van der Waals surface area contributed by atoms with Gasteiger partial charge in [0.2, 0.25) is 5.91 Å². The number of carbonyl (C=O) groups is 2. The van der Waals surface area contributed by atoms with Gasteiger partial charge in [0.05, 0.1) is 7.11 Å². The van der Waals surface area contributed by atoms with Crippen LogP contribution in [-0.4, -0.2) is 36.1 Å². The van der Waals surface area contributed by atoms with E-state index in [1.807, 2.05) is 0 Å². The molecule has 21 heavy (non-hydrogen) atoms. The average molecular weight is 292 g/mol. The van der Waals surface area contributed by atoms with Crippen molar-refractivity contribution in [2.75, 3.05) is 7.11 Å². The van der Waals surface area contributed by atoms with Gasteiger partial charge in [-0.15, -0.1) is 6.58 Å². The van der Waals surface area contributed by atoms with Crippen LogP contribution in [0, 0.1) is 0 Å². The van der Waals surface area contributed by atoms with Gasteiger partial charge in [-0.05, 0) is 32.1 Å². The zero-order valence-electron chi connectivity index (χ0n) is 12.6. The third-order valence-electron chi connectivity index (χ3n) is 4.24. The normalized spacial score (nSPS) is 22.6. The van der Waals surface area contributed by atoms with E-state index in [9.17, 15) is 9.59 Å². The Kier molecular flexibility index (Phi) is 5.42. The summed E-state index contributed by atoms with van der Waals surface area (Å²) in [7, 11) is 1.36. The Morgan fingerprint density at radius 3 is 2.76 bits per heavy atom. The van der Waals surface area contributed by atoms with E-state index in [1.165, 1.54) is 24.9 Å². The van der Waals surface area contributed by atoms with E-state index in [0.29, 0.717) is 18.4 Å². The standard InChI is InChI=1S/C16H24N2O3/c1-3-6-14-10-9-12(11-18(14)16(20)21-2)15(19)17-13-7-4-5-8-13/h3,11,13-14H,1,4-10H2,2H3,(H,17,19)/t14-/m1/s1. The minimum Gasteiger partial charge on any atom is -0.452 e. The predicted molar refractivity (Wildman–Crippen MR) is 80.6 cm³/mol. The fraction of sp³-hybridized carbons (Fsp3) is 0.625. The van der Waals surface area contributed by atoms with E-state index in [-0.39, 0.29) is 18.0 Å². The van der Waals surface area contributed by atoms with Crippen LogP contribution in [0.3, 0.4) is 0 Å². The summed E-state index contributed by atoms with van der Waals surface area (Å²) < 4.78 is 4.80. The molecule has 1 aliphatic heterocycles. The molecule has 0 saturated heterocycles. The van der Waals surface area contributed by atoms with E-state index in [0.717, 1.165) is 19.3 Å². The number of nitrogens with one attached hydrogen (secondary N) is 1. The van der Waals surface area contributed by atoms with Gasteiger partial charge in [0, 0.05) is 23.9 Å². The summed E-state index contributed by atoms with van der Waals surface area (Å²) in [4.78, 5) is 25.7. The molecule has 1 heterocycles. The van der Waals surface area contributed by atoms with Gasteiger partial charge in [-0.2, -0.15) is 0 Å². The largest absolute Gasteiger partial charge is 0.452 e. The molecule has 2 amide bonds. The molecule has 0 radical (unpaired) electrons. The Hall–Kier alpha value is -1.78. The van der Waals surface area contributed by atoms with Crippen LogP contribution >= 0.6 is 0 Å². The summed E-state index contributed by atoms with van der Waals surface area (Å²) >= 11 is 0. The van der Waals surface area contributed by atoms with Gasteiger partial charge >= 0.3 is 6.09 Å². The number of ether oxygens (including phenoxy) is 1. The highest BCUT2D eigenvalue weighted by molar-refractivity contribution is 5.94. The Labute approximate surface area is 126 Å². The van der Waals surface area contributed by atoms with E-state index in [4.69, 9.17) is 4.74 Å². The first-order valence-corrected chi connectivity index (χ1v) is 7.64. The second-order valence-corrected chi connectivity index (χ2v) is 5.70. The molecular weight excluding hydrogens is 268 g/mol. The highest BCUT2D eigenvalue weighted by Gasteiger charge is 2.29. The van der Waals surface area contributed by atoms with Crippen molar-refractivity contribution < 1.29 is 14.3 Å². The molecule has 2 aliphatic rings.